The summed E-state index contributed by atoms with van der Waals surface area (Å²) in [7, 11) is -4.57. The predicted molar refractivity (Wildman–Crippen MR) is 49.0 cm³/mol. The number of phosphoric acid groups is 1. The summed E-state index contributed by atoms with van der Waals surface area (Å²) in [5.41, 5.74) is 0. The van der Waals surface area contributed by atoms with Crippen LogP contribution in [-0.4, -0.2) is 104 Å². The van der Waals surface area contributed by atoms with Gasteiger partial charge >= 0.3 is 66.9 Å². The molecule has 0 aliphatic carbocycles. The van der Waals surface area contributed by atoms with Crippen molar-refractivity contribution in [1.82, 2.24) is 0 Å². The topological polar surface area (TPSA) is 139 Å². The molecule has 0 aromatic rings. The quantitative estimate of drug-likeness (QED) is 0.294. The third kappa shape index (κ3) is 16.7. The van der Waals surface area contributed by atoms with Gasteiger partial charge in [0.2, 0.25) is 0 Å². The average molecular weight is 238 g/mol. The maximum absolute atomic E-state index is 10.0. The van der Waals surface area contributed by atoms with Crippen LogP contribution in [0.3, 0.4) is 0 Å². The standard InChI is InChI=1S/C3H9O6P.2Na.H2O.2H/c4-1-3(2-5)9-10(6,7)8;;;;;/h3-5H,1-2H2,(H2,6,7,8);;;1H2;;. The van der Waals surface area contributed by atoms with E-state index in [1.807, 2.05) is 0 Å². The zero-order chi connectivity index (χ0) is 8.20. The summed E-state index contributed by atoms with van der Waals surface area (Å²) >= 11 is 0. The Morgan fingerprint density at radius 3 is 1.54 bits per heavy atom. The van der Waals surface area contributed by atoms with E-state index < -0.39 is 27.1 Å². The van der Waals surface area contributed by atoms with Crippen molar-refractivity contribution in [3.05, 3.63) is 0 Å². The van der Waals surface area contributed by atoms with Crippen LogP contribution in [0.2, 0.25) is 0 Å². The fourth-order valence-electron chi connectivity index (χ4n) is 0.319. The van der Waals surface area contributed by atoms with Gasteiger partial charge in [-0.25, -0.2) is 4.57 Å². The number of hydrogen-bond donors (Lipinski definition) is 4. The molecule has 74 valence electrons. The molecule has 0 aliphatic rings. The summed E-state index contributed by atoms with van der Waals surface area (Å²) in [6.45, 7) is -1.25. The molecule has 0 radical (unpaired) electrons. The van der Waals surface area contributed by atoms with Gasteiger partial charge in [0.25, 0.3) is 0 Å². The van der Waals surface area contributed by atoms with E-state index in [1.54, 1.807) is 0 Å². The van der Waals surface area contributed by atoms with Crippen molar-refractivity contribution in [2.24, 2.45) is 0 Å². The van der Waals surface area contributed by atoms with E-state index in [-0.39, 0.29) is 64.6 Å². The minimum atomic E-state index is -4.57. The van der Waals surface area contributed by atoms with Crippen LogP contribution in [0, 0.1) is 0 Å². The fourth-order valence-corrected chi connectivity index (χ4v) is 0.840. The molecule has 0 amide bonds. The van der Waals surface area contributed by atoms with Crippen molar-refractivity contribution in [2.45, 2.75) is 6.10 Å². The maximum atomic E-state index is 10.0. The van der Waals surface area contributed by atoms with Crippen LogP contribution in [0.15, 0.2) is 0 Å². The first-order chi connectivity index (χ1) is 4.49. The Balaban J connectivity index is -0.000000135. The second-order valence-corrected chi connectivity index (χ2v) is 2.78. The molecule has 10 heteroatoms. The van der Waals surface area contributed by atoms with Gasteiger partial charge in [0.1, 0.15) is 6.10 Å². The van der Waals surface area contributed by atoms with Crippen LogP contribution in [0.1, 0.15) is 0 Å². The second-order valence-electron chi connectivity index (χ2n) is 1.58. The van der Waals surface area contributed by atoms with Crippen molar-refractivity contribution < 1.29 is 34.6 Å². The Kier molecular flexibility index (Phi) is 22.5. The molecular formula is C3H13Na2O7P. The van der Waals surface area contributed by atoms with E-state index >= 15 is 0 Å². The molecule has 0 aromatic carbocycles. The van der Waals surface area contributed by atoms with Crippen molar-refractivity contribution in [3.63, 3.8) is 0 Å². The zero-order valence-electron chi connectivity index (χ0n) is 5.54. The monoisotopic (exact) mass is 238 g/mol. The first-order valence-corrected chi connectivity index (χ1v) is 3.98. The van der Waals surface area contributed by atoms with Crippen LogP contribution in [0.25, 0.3) is 0 Å². The van der Waals surface area contributed by atoms with Crippen molar-refractivity contribution in [1.29, 1.82) is 0 Å². The van der Waals surface area contributed by atoms with Gasteiger partial charge in [-0.1, -0.05) is 0 Å². The van der Waals surface area contributed by atoms with E-state index in [2.05, 4.69) is 4.52 Å². The Morgan fingerprint density at radius 2 is 1.46 bits per heavy atom. The fraction of sp³-hybridized carbons (Fsp3) is 1.00. The van der Waals surface area contributed by atoms with Gasteiger partial charge in [0.15, 0.2) is 0 Å². The molecule has 0 bridgehead atoms. The molecule has 0 unspecified atom stereocenters. The zero-order valence-corrected chi connectivity index (χ0v) is 6.44. The summed E-state index contributed by atoms with van der Waals surface area (Å²) < 4.78 is 13.9. The third-order valence-corrected chi connectivity index (χ3v) is 1.27. The Hall–Kier alpha value is 1.99. The molecular weight excluding hydrogens is 225 g/mol. The third-order valence-electron chi connectivity index (χ3n) is 0.694. The first kappa shape index (κ1) is 24.3. The van der Waals surface area contributed by atoms with Gasteiger partial charge in [-0.15, -0.1) is 0 Å². The Labute approximate surface area is 120 Å². The van der Waals surface area contributed by atoms with Crippen molar-refractivity contribution in [3.8, 4) is 0 Å². The van der Waals surface area contributed by atoms with Crippen molar-refractivity contribution >= 4 is 66.9 Å². The van der Waals surface area contributed by atoms with E-state index in [0.29, 0.717) is 0 Å². The molecule has 0 saturated heterocycles. The van der Waals surface area contributed by atoms with Gasteiger partial charge in [0.05, 0.1) is 13.2 Å². The van der Waals surface area contributed by atoms with Gasteiger partial charge in [-0.2, -0.15) is 0 Å². The molecule has 0 heterocycles. The second kappa shape index (κ2) is 12.1. The molecule has 7 nitrogen and oxygen atoms in total. The van der Waals surface area contributed by atoms with E-state index in [9.17, 15) is 4.57 Å². The average Bonchev–Trinajstić information content (AvgIpc) is 1.81. The molecule has 0 fully saturated rings. The number of phosphoric ester groups is 1. The molecule has 0 rings (SSSR count). The molecule has 13 heavy (non-hydrogen) atoms. The molecule has 0 spiro atoms. The van der Waals surface area contributed by atoms with Gasteiger partial charge < -0.3 is 25.5 Å². The van der Waals surface area contributed by atoms with Gasteiger partial charge in [0, 0.05) is 0 Å². The summed E-state index contributed by atoms with van der Waals surface area (Å²) in [6, 6.07) is 0. The Morgan fingerprint density at radius 1 is 1.15 bits per heavy atom. The van der Waals surface area contributed by atoms with E-state index in [1.165, 1.54) is 0 Å². The summed E-state index contributed by atoms with van der Waals surface area (Å²) in [4.78, 5) is 16.2. The van der Waals surface area contributed by atoms with Crippen LogP contribution in [-0.2, 0) is 9.09 Å². The summed E-state index contributed by atoms with van der Waals surface area (Å²) in [5.74, 6) is 0. The molecule has 0 atom stereocenters. The number of hydrogen-bond acceptors (Lipinski definition) is 4. The van der Waals surface area contributed by atoms with Gasteiger partial charge in [-0.05, 0) is 0 Å². The first-order valence-electron chi connectivity index (χ1n) is 2.45. The van der Waals surface area contributed by atoms with E-state index in [4.69, 9.17) is 20.0 Å². The molecule has 0 saturated carbocycles. The van der Waals surface area contributed by atoms with E-state index in [0.717, 1.165) is 0 Å². The van der Waals surface area contributed by atoms with Crippen LogP contribution in [0.4, 0.5) is 0 Å². The van der Waals surface area contributed by atoms with Crippen LogP contribution >= 0.6 is 7.82 Å². The summed E-state index contributed by atoms with van der Waals surface area (Å²) in [5, 5.41) is 16.5. The number of rotatable bonds is 4. The van der Waals surface area contributed by atoms with Crippen LogP contribution < -0.4 is 0 Å². The van der Waals surface area contributed by atoms with Gasteiger partial charge in [-0.3, -0.25) is 4.52 Å². The molecule has 0 aliphatic heterocycles. The Bertz CT molecular complexity index is 134. The normalized spacial score (nSPS) is 9.62. The predicted octanol–water partition coefficient (Wildman–Crippen LogP) is -3.67. The SMILES string of the molecule is O.O=P(O)(O)OC(CO)CO.[NaH].[NaH]. The number of aliphatic hydroxyl groups excluding tert-OH is 2. The van der Waals surface area contributed by atoms with Crippen molar-refractivity contribution in [2.75, 3.05) is 13.2 Å². The molecule has 6 N–H and O–H groups in total. The minimum absolute atomic E-state index is 0. The van der Waals surface area contributed by atoms with Crippen LogP contribution in [0.5, 0.6) is 0 Å². The molecule has 0 aromatic heterocycles. The number of aliphatic hydroxyl groups is 2. The summed E-state index contributed by atoms with van der Waals surface area (Å²) in [6.07, 6.45) is -1.21.